The summed E-state index contributed by atoms with van der Waals surface area (Å²) in [4.78, 5) is 11.6. The van der Waals surface area contributed by atoms with Gasteiger partial charge < -0.3 is 9.47 Å². The van der Waals surface area contributed by atoms with Crippen molar-refractivity contribution in [2.75, 3.05) is 6.61 Å². The lowest BCUT2D eigenvalue weighted by molar-refractivity contribution is -0.154. The molecule has 0 N–H and O–H groups in total. The van der Waals surface area contributed by atoms with Gasteiger partial charge in [0, 0.05) is 18.6 Å². The Hall–Kier alpha value is -2.13. The zero-order valence-corrected chi connectivity index (χ0v) is 12.0. The summed E-state index contributed by atoms with van der Waals surface area (Å²) in [5, 5.41) is 0. The highest BCUT2D eigenvalue weighted by Crippen LogP contribution is 2.33. The van der Waals surface area contributed by atoms with Crippen LogP contribution in [0.4, 0.5) is 0 Å². The number of benzene rings is 2. The van der Waals surface area contributed by atoms with Crippen LogP contribution in [-0.4, -0.2) is 24.6 Å². The second-order valence-electron chi connectivity index (χ2n) is 5.06. The first-order chi connectivity index (χ1) is 10.3. The molecule has 0 aliphatic heterocycles. The van der Waals surface area contributed by atoms with E-state index < -0.39 is 6.10 Å². The molecule has 0 bridgehead atoms. The Bertz CT molecular complexity index is 621. The first-order valence-corrected chi connectivity index (χ1v) is 7.25. The average molecular weight is 282 g/mol. The molecule has 0 aromatic heterocycles. The van der Waals surface area contributed by atoms with Crippen molar-refractivity contribution in [2.45, 2.75) is 25.6 Å². The molecule has 0 spiro atoms. The lowest BCUT2D eigenvalue weighted by atomic mass is 9.89. The second-order valence-corrected chi connectivity index (χ2v) is 5.06. The molecule has 21 heavy (non-hydrogen) atoms. The van der Waals surface area contributed by atoms with E-state index in [1.54, 1.807) is 0 Å². The molecule has 2 atom stereocenters. The van der Waals surface area contributed by atoms with Gasteiger partial charge in [-0.25, -0.2) is 0 Å². The number of hydrogen-bond donors (Lipinski definition) is 0. The zero-order chi connectivity index (χ0) is 14.7. The van der Waals surface area contributed by atoms with E-state index in [0.29, 0.717) is 13.0 Å². The van der Waals surface area contributed by atoms with E-state index in [0.717, 1.165) is 16.9 Å². The normalized spacial score (nSPS) is 20.9. The standard InChI is InChI=1S/C18H18O3/c1-2-20-18-15(19)12-17(18)21-16-11-7-6-10-14(16)13-8-4-3-5-9-13/h3-11,17-18H,2,12H2,1H3. The van der Waals surface area contributed by atoms with Crippen molar-refractivity contribution in [3.05, 3.63) is 54.6 Å². The number of carbonyl (C=O) groups excluding carboxylic acids is 1. The van der Waals surface area contributed by atoms with Gasteiger partial charge >= 0.3 is 0 Å². The molecule has 2 aromatic carbocycles. The summed E-state index contributed by atoms with van der Waals surface area (Å²) in [6.07, 6.45) is -0.172. The molecule has 1 fully saturated rings. The fourth-order valence-electron chi connectivity index (χ4n) is 2.54. The van der Waals surface area contributed by atoms with Gasteiger partial charge in [-0.1, -0.05) is 48.5 Å². The summed E-state index contributed by atoms with van der Waals surface area (Å²) in [7, 11) is 0. The maximum atomic E-state index is 11.6. The third-order valence-corrected chi connectivity index (χ3v) is 3.65. The van der Waals surface area contributed by atoms with Gasteiger partial charge in [0.25, 0.3) is 0 Å². The van der Waals surface area contributed by atoms with E-state index in [1.807, 2.05) is 61.5 Å². The summed E-state index contributed by atoms with van der Waals surface area (Å²) in [5.74, 6) is 0.921. The van der Waals surface area contributed by atoms with Crippen molar-refractivity contribution in [3.8, 4) is 16.9 Å². The van der Waals surface area contributed by atoms with Crippen molar-refractivity contribution in [2.24, 2.45) is 0 Å². The quantitative estimate of drug-likeness (QED) is 0.842. The van der Waals surface area contributed by atoms with Gasteiger partial charge in [0.1, 0.15) is 11.9 Å². The average Bonchev–Trinajstić information content (AvgIpc) is 2.53. The Labute approximate surface area is 124 Å². The van der Waals surface area contributed by atoms with Crippen LogP contribution in [-0.2, 0) is 9.53 Å². The van der Waals surface area contributed by atoms with Gasteiger partial charge in [0.05, 0.1) is 0 Å². The first-order valence-electron chi connectivity index (χ1n) is 7.25. The van der Waals surface area contributed by atoms with Gasteiger partial charge in [-0.05, 0) is 18.6 Å². The molecular weight excluding hydrogens is 264 g/mol. The molecule has 2 unspecified atom stereocenters. The molecule has 3 nitrogen and oxygen atoms in total. The van der Waals surface area contributed by atoms with Gasteiger partial charge in [-0.2, -0.15) is 0 Å². The van der Waals surface area contributed by atoms with Gasteiger partial charge in [0.15, 0.2) is 11.9 Å². The van der Waals surface area contributed by atoms with E-state index in [-0.39, 0.29) is 11.9 Å². The smallest absolute Gasteiger partial charge is 0.169 e. The number of rotatable bonds is 5. The topological polar surface area (TPSA) is 35.5 Å². The molecule has 2 aromatic rings. The Morgan fingerprint density at radius 3 is 2.48 bits per heavy atom. The van der Waals surface area contributed by atoms with Crippen molar-refractivity contribution in [3.63, 3.8) is 0 Å². The van der Waals surface area contributed by atoms with E-state index in [1.165, 1.54) is 0 Å². The first kappa shape index (κ1) is 13.8. The molecule has 1 aliphatic carbocycles. The summed E-state index contributed by atoms with van der Waals surface area (Å²) in [6.45, 7) is 2.41. The Morgan fingerprint density at radius 2 is 1.76 bits per heavy atom. The molecule has 0 radical (unpaired) electrons. The van der Waals surface area contributed by atoms with E-state index >= 15 is 0 Å². The highest BCUT2D eigenvalue weighted by atomic mass is 16.5. The summed E-state index contributed by atoms with van der Waals surface area (Å²) in [5.41, 5.74) is 2.14. The van der Waals surface area contributed by atoms with Crippen molar-refractivity contribution < 1.29 is 14.3 Å². The van der Waals surface area contributed by atoms with Crippen molar-refractivity contribution in [1.82, 2.24) is 0 Å². The molecular formula is C18H18O3. The highest BCUT2D eigenvalue weighted by Gasteiger charge is 2.42. The maximum absolute atomic E-state index is 11.6. The predicted octanol–water partition coefficient (Wildman–Crippen LogP) is 3.48. The van der Waals surface area contributed by atoms with E-state index in [4.69, 9.17) is 9.47 Å². The number of para-hydroxylation sites is 1. The molecule has 0 saturated heterocycles. The number of ether oxygens (including phenoxy) is 2. The molecule has 3 heteroatoms. The largest absolute Gasteiger partial charge is 0.486 e. The number of ketones is 1. The fraction of sp³-hybridized carbons (Fsp3) is 0.278. The molecule has 3 rings (SSSR count). The van der Waals surface area contributed by atoms with Crippen LogP contribution in [0.15, 0.2) is 54.6 Å². The van der Waals surface area contributed by atoms with Crippen LogP contribution in [0, 0.1) is 0 Å². The Balaban J connectivity index is 1.82. The molecule has 1 saturated carbocycles. The van der Waals surface area contributed by atoms with Gasteiger partial charge in [-0.15, -0.1) is 0 Å². The summed E-state index contributed by atoms with van der Waals surface area (Å²) in [6, 6.07) is 18.0. The van der Waals surface area contributed by atoms with Crippen LogP contribution in [0.25, 0.3) is 11.1 Å². The van der Waals surface area contributed by atoms with Crippen LogP contribution in [0.2, 0.25) is 0 Å². The van der Waals surface area contributed by atoms with E-state index in [9.17, 15) is 4.79 Å². The van der Waals surface area contributed by atoms with Crippen molar-refractivity contribution >= 4 is 5.78 Å². The van der Waals surface area contributed by atoms with Crippen LogP contribution in [0.1, 0.15) is 13.3 Å². The minimum atomic E-state index is -0.418. The predicted molar refractivity (Wildman–Crippen MR) is 81.3 cm³/mol. The molecule has 1 aliphatic rings. The van der Waals surface area contributed by atoms with Crippen LogP contribution in [0.5, 0.6) is 5.75 Å². The number of hydrogen-bond acceptors (Lipinski definition) is 3. The highest BCUT2D eigenvalue weighted by molar-refractivity contribution is 5.90. The number of carbonyl (C=O) groups is 1. The molecule has 0 amide bonds. The Kier molecular flexibility index (Phi) is 4.02. The Morgan fingerprint density at radius 1 is 1.05 bits per heavy atom. The lowest BCUT2D eigenvalue weighted by Crippen LogP contribution is -2.52. The third kappa shape index (κ3) is 2.83. The van der Waals surface area contributed by atoms with Gasteiger partial charge in [0.2, 0.25) is 0 Å². The van der Waals surface area contributed by atoms with Crippen molar-refractivity contribution in [1.29, 1.82) is 0 Å². The fourth-order valence-corrected chi connectivity index (χ4v) is 2.54. The number of Topliss-reactive ketones (excluding diaryl/α,β-unsaturated/α-hetero) is 1. The monoisotopic (exact) mass is 282 g/mol. The second kappa shape index (κ2) is 6.10. The minimum Gasteiger partial charge on any atom is -0.486 e. The molecule has 108 valence electrons. The van der Waals surface area contributed by atoms with Gasteiger partial charge in [-0.3, -0.25) is 4.79 Å². The lowest BCUT2D eigenvalue weighted by Gasteiger charge is -2.34. The van der Waals surface area contributed by atoms with E-state index in [2.05, 4.69) is 0 Å². The summed E-state index contributed by atoms with van der Waals surface area (Å²) < 4.78 is 11.5. The SMILES string of the molecule is CCOC1C(=O)CC1Oc1ccccc1-c1ccccc1. The molecule has 0 heterocycles. The maximum Gasteiger partial charge on any atom is 0.169 e. The van der Waals surface area contributed by atoms with Crippen LogP contribution >= 0.6 is 0 Å². The van der Waals surface area contributed by atoms with Crippen LogP contribution < -0.4 is 4.74 Å². The third-order valence-electron chi connectivity index (χ3n) is 3.65. The summed E-state index contributed by atoms with van der Waals surface area (Å²) >= 11 is 0. The minimum absolute atomic E-state index is 0.124. The zero-order valence-electron chi connectivity index (χ0n) is 12.0. The van der Waals surface area contributed by atoms with Crippen LogP contribution in [0.3, 0.4) is 0 Å².